The number of carbonyl (C=O) groups excluding carboxylic acids is 2. The first-order chi connectivity index (χ1) is 13.5. The molecule has 6 heteroatoms. The van der Waals surface area contributed by atoms with E-state index in [0.29, 0.717) is 23.7 Å². The number of allylic oxidation sites excluding steroid dienone is 2. The smallest absolute Gasteiger partial charge is 0.256 e. The van der Waals surface area contributed by atoms with Crippen LogP contribution in [0.4, 0.5) is 11.5 Å². The average Bonchev–Trinajstić information content (AvgIpc) is 3.18. The van der Waals surface area contributed by atoms with Crippen molar-refractivity contribution in [2.75, 3.05) is 17.3 Å². The van der Waals surface area contributed by atoms with E-state index in [2.05, 4.69) is 27.8 Å². The third-order valence-corrected chi connectivity index (χ3v) is 5.32. The molecule has 2 aromatic rings. The Morgan fingerprint density at radius 2 is 2.04 bits per heavy atom. The summed E-state index contributed by atoms with van der Waals surface area (Å²) in [4.78, 5) is 31.2. The Bertz CT molecular complexity index is 936. The number of hydrogen-bond donors (Lipinski definition) is 2. The molecule has 2 heterocycles. The standard InChI is InChI=1S/C22H24N4O2/c1-14-7-12-18-21(23-14)26(2)20(25-22(18)28)16-8-10-17(11-9-16)24-19(27)13-15-5-3-4-6-15/h3,5,7-12,15,20H,4,6,13H2,1-2H3,(H,24,27)(H,25,28)/t15-,20-/m1/s1. The van der Waals surface area contributed by atoms with E-state index in [9.17, 15) is 9.59 Å². The largest absolute Gasteiger partial charge is 0.335 e. The number of nitrogens with one attached hydrogen (secondary N) is 2. The molecule has 1 aromatic carbocycles. The molecular weight excluding hydrogens is 352 g/mol. The van der Waals surface area contributed by atoms with Crippen molar-refractivity contribution in [3.05, 3.63) is 65.4 Å². The first-order valence-corrected chi connectivity index (χ1v) is 9.59. The van der Waals surface area contributed by atoms with Crippen LogP contribution in [0, 0.1) is 12.8 Å². The molecule has 1 aliphatic carbocycles. The first kappa shape index (κ1) is 18.2. The number of amides is 2. The van der Waals surface area contributed by atoms with E-state index in [-0.39, 0.29) is 18.0 Å². The van der Waals surface area contributed by atoms with Gasteiger partial charge in [-0.15, -0.1) is 0 Å². The third-order valence-electron chi connectivity index (χ3n) is 5.32. The molecule has 2 amide bonds. The van der Waals surface area contributed by atoms with Crippen molar-refractivity contribution in [3.8, 4) is 0 Å². The van der Waals surface area contributed by atoms with Gasteiger partial charge in [-0.3, -0.25) is 9.59 Å². The van der Waals surface area contributed by atoms with Gasteiger partial charge in [0.2, 0.25) is 5.91 Å². The van der Waals surface area contributed by atoms with E-state index >= 15 is 0 Å². The van der Waals surface area contributed by atoms with E-state index in [0.717, 1.165) is 29.8 Å². The number of pyridine rings is 1. The summed E-state index contributed by atoms with van der Waals surface area (Å²) in [5.74, 6) is 0.922. The molecule has 0 radical (unpaired) electrons. The molecule has 4 rings (SSSR count). The van der Waals surface area contributed by atoms with Crippen LogP contribution in [-0.4, -0.2) is 23.8 Å². The van der Waals surface area contributed by atoms with Gasteiger partial charge in [-0.05, 0) is 55.5 Å². The van der Waals surface area contributed by atoms with E-state index < -0.39 is 0 Å². The van der Waals surface area contributed by atoms with Crippen LogP contribution in [-0.2, 0) is 4.79 Å². The molecule has 6 nitrogen and oxygen atoms in total. The normalized spacial score (nSPS) is 20.6. The second-order valence-electron chi connectivity index (χ2n) is 7.45. The van der Waals surface area contributed by atoms with Gasteiger partial charge in [0.05, 0.1) is 5.56 Å². The average molecular weight is 376 g/mol. The molecule has 2 atom stereocenters. The molecule has 0 spiro atoms. The number of aromatic nitrogens is 1. The summed E-state index contributed by atoms with van der Waals surface area (Å²) in [5.41, 5.74) is 3.14. The van der Waals surface area contributed by atoms with E-state index in [1.165, 1.54) is 0 Å². The van der Waals surface area contributed by atoms with Crippen LogP contribution in [0.5, 0.6) is 0 Å². The zero-order valence-corrected chi connectivity index (χ0v) is 16.1. The van der Waals surface area contributed by atoms with E-state index in [4.69, 9.17) is 0 Å². The van der Waals surface area contributed by atoms with Gasteiger partial charge in [0, 0.05) is 24.8 Å². The van der Waals surface area contributed by atoms with Crippen molar-refractivity contribution in [3.63, 3.8) is 0 Å². The van der Waals surface area contributed by atoms with Crippen molar-refractivity contribution in [2.24, 2.45) is 5.92 Å². The fourth-order valence-corrected chi connectivity index (χ4v) is 3.78. The van der Waals surface area contributed by atoms with Crippen LogP contribution in [0.1, 0.15) is 47.0 Å². The molecule has 144 valence electrons. The Morgan fingerprint density at radius 3 is 2.75 bits per heavy atom. The topological polar surface area (TPSA) is 74.3 Å². The predicted octanol–water partition coefficient (Wildman–Crippen LogP) is 3.56. The molecule has 0 saturated carbocycles. The monoisotopic (exact) mass is 376 g/mol. The highest BCUT2D eigenvalue weighted by Gasteiger charge is 2.30. The maximum Gasteiger partial charge on any atom is 0.256 e. The lowest BCUT2D eigenvalue weighted by Gasteiger charge is -2.35. The Balaban J connectivity index is 1.47. The van der Waals surface area contributed by atoms with Gasteiger partial charge in [-0.1, -0.05) is 24.3 Å². The van der Waals surface area contributed by atoms with E-state index in [1.807, 2.05) is 49.2 Å². The summed E-state index contributed by atoms with van der Waals surface area (Å²) >= 11 is 0. The van der Waals surface area contributed by atoms with Gasteiger partial charge in [0.1, 0.15) is 12.0 Å². The van der Waals surface area contributed by atoms with Crippen LogP contribution < -0.4 is 15.5 Å². The SMILES string of the molecule is Cc1ccc2c(n1)N(C)[C@H](c1ccc(NC(=O)C[C@@H]3C=CCC3)cc1)NC2=O. The highest BCUT2D eigenvalue weighted by molar-refractivity contribution is 6.01. The van der Waals surface area contributed by atoms with Crippen LogP contribution >= 0.6 is 0 Å². The fraction of sp³-hybridized carbons (Fsp3) is 0.318. The number of rotatable bonds is 4. The predicted molar refractivity (Wildman–Crippen MR) is 109 cm³/mol. The highest BCUT2D eigenvalue weighted by Crippen LogP contribution is 2.31. The number of anilines is 2. The fourth-order valence-electron chi connectivity index (χ4n) is 3.78. The number of aryl methyl sites for hydroxylation is 1. The number of benzene rings is 1. The summed E-state index contributed by atoms with van der Waals surface area (Å²) in [6.07, 6.45) is 6.58. The Morgan fingerprint density at radius 1 is 1.25 bits per heavy atom. The quantitative estimate of drug-likeness (QED) is 0.800. The highest BCUT2D eigenvalue weighted by atomic mass is 16.2. The minimum Gasteiger partial charge on any atom is -0.335 e. The minimum atomic E-state index is -0.303. The van der Waals surface area contributed by atoms with E-state index in [1.54, 1.807) is 6.07 Å². The first-order valence-electron chi connectivity index (χ1n) is 9.59. The molecule has 0 fully saturated rings. The molecule has 1 aliphatic heterocycles. The molecule has 2 aliphatic rings. The van der Waals surface area contributed by atoms with Crippen molar-refractivity contribution in [2.45, 2.75) is 32.4 Å². The zero-order valence-electron chi connectivity index (χ0n) is 16.1. The summed E-state index contributed by atoms with van der Waals surface area (Å²) in [5, 5.41) is 5.97. The molecule has 0 bridgehead atoms. The van der Waals surface area contributed by atoms with Gasteiger partial charge < -0.3 is 15.5 Å². The maximum absolute atomic E-state index is 12.5. The molecule has 0 unspecified atom stereocenters. The molecule has 28 heavy (non-hydrogen) atoms. The zero-order chi connectivity index (χ0) is 19.7. The van der Waals surface area contributed by atoms with Crippen molar-refractivity contribution < 1.29 is 9.59 Å². The molecule has 2 N–H and O–H groups in total. The number of nitrogens with zero attached hydrogens (tertiary/aromatic N) is 2. The summed E-state index contributed by atoms with van der Waals surface area (Å²) in [6, 6.07) is 11.2. The summed E-state index contributed by atoms with van der Waals surface area (Å²) in [7, 11) is 1.92. The molecular formula is C22H24N4O2. The van der Waals surface area contributed by atoms with Gasteiger partial charge >= 0.3 is 0 Å². The van der Waals surface area contributed by atoms with Gasteiger partial charge in [-0.2, -0.15) is 0 Å². The Hall–Kier alpha value is -3.15. The van der Waals surface area contributed by atoms with Crippen LogP contribution in [0.25, 0.3) is 0 Å². The van der Waals surface area contributed by atoms with Crippen molar-refractivity contribution in [1.82, 2.24) is 10.3 Å². The van der Waals surface area contributed by atoms with Gasteiger partial charge in [-0.25, -0.2) is 4.98 Å². The van der Waals surface area contributed by atoms with Crippen LogP contribution in [0.15, 0.2) is 48.6 Å². The number of hydrogen-bond acceptors (Lipinski definition) is 4. The number of fused-ring (bicyclic) bond motifs is 1. The second-order valence-corrected chi connectivity index (χ2v) is 7.45. The van der Waals surface area contributed by atoms with Crippen LogP contribution in [0.3, 0.4) is 0 Å². The Kier molecular flexibility index (Phi) is 4.86. The lowest BCUT2D eigenvalue weighted by Crippen LogP contribution is -2.45. The lowest BCUT2D eigenvalue weighted by atomic mass is 10.0. The molecule has 1 aromatic heterocycles. The van der Waals surface area contributed by atoms with Gasteiger partial charge in [0.15, 0.2) is 0 Å². The van der Waals surface area contributed by atoms with Crippen molar-refractivity contribution >= 4 is 23.3 Å². The second kappa shape index (κ2) is 7.46. The lowest BCUT2D eigenvalue weighted by molar-refractivity contribution is -0.116. The van der Waals surface area contributed by atoms with Crippen LogP contribution in [0.2, 0.25) is 0 Å². The maximum atomic E-state index is 12.5. The molecule has 0 saturated heterocycles. The van der Waals surface area contributed by atoms with Crippen molar-refractivity contribution in [1.29, 1.82) is 0 Å². The number of carbonyl (C=O) groups is 2. The minimum absolute atomic E-state index is 0.0287. The Labute approximate surface area is 164 Å². The summed E-state index contributed by atoms with van der Waals surface area (Å²) < 4.78 is 0. The summed E-state index contributed by atoms with van der Waals surface area (Å²) in [6.45, 7) is 1.91. The van der Waals surface area contributed by atoms with Gasteiger partial charge in [0.25, 0.3) is 5.91 Å². The third kappa shape index (κ3) is 3.63.